The maximum Gasteiger partial charge on any atom is 0.256 e. The number of rotatable bonds is 8. The number of benzene rings is 1. The first-order valence-electron chi connectivity index (χ1n) is 10.2. The molecule has 1 aliphatic heterocycles. The van der Waals surface area contributed by atoms with Gasteiger partial charge in [0.25, 0.3) is 11.8 Å². The van der Waals surface area contributed by atoms with Crippen LogP contribution >= 0.6 is 23.7 Å². The molecule has 8 nitrogen and oxygen atoms in total. The van der Waals surface area contributed by atoms with E-state index in [0.29, 0.717) is 35.6 Å². The Morgan fingerprint density at radius 3 is 2.50 bits per heavy atom. The normalized spacial score (nSPS) is 14.0. The van der Waals surface area contributed by atoms with Crippen LogP contribution in [0, 0.1) is 0 Å². The van der Waals surface area contributed by atoms with Gasteiger partial charge in [0.1, 0.15) is 5.00 Å². The van der Waals surface area contributed by atoms with Crippen LogP contribution in [0.25, 0.3) is 0 Å². The molecule has 1 aromatic heterocycles. The number of anilines is 1. The molecular formula is C21H29ClN4O4S2. The summed E-state index contributed by atoms with van der Waals surface area (Å²) in [6.07, 6.45) is 2.38. The average Bonchev–Trinajstić information content (AvgIpc) is 3.08. The van der Waals surface area contributed by atoms with E-state index in [4.69, 9.17) is 5.73 Å². The Labute approximate surface area is 199 Å². The highest BCUT2D eigenvalue weighted by atomic mass is 35.5. The van der Waals surface area contributed by atoms with Gasteiger partial charge in [0.05, 0.1) is 10.5 Å². The zero-order chi connectivity index (χ0) is 22.8. The Bertz CT molecular complexity index is 1080. The van der Waals surface area contributed by atoms with Crippen LogP contribution in [0.2, 0.25) is 0 Å². The molecule has 11 heteroatoms. The van der Waals surface area contributed by atoms with Crippen molar-refractivity contribution >= 4 is 50.6 Å². The Morgan fingerprint density at radius 1 is 1.25 bits per heavy atom. The topological polar surface area (TPSA) is 113 Å². The molecular weight excluding hydrogens is 472 g/mol. The number of unbranched alkanes of at least 4 members (excludes halogenated alkanes) is 1. The monoisotopic (exact) mass is 500 g/mol. The van der Waals surface area contributed by atoms with Gasteiger partial charge < -0.3 is 16.0 Å². The Balaban J connectivity index is 0.00000363. The largest absolute Gasteiger partial charge is 0.365 e. The van der Waals surface area contributed by atoms with Crippen LogP contribution in [0.4, 0.5) is 5.00 Å². The number of amides is 2. The SMILES string of the molecule is CCCCN(C)S(=O)(=O)c1ccc(C(=O)Nc2sc3c(c2C(N)=O)CCN(C)C3)cc1.Cl. The quantitative estimate of drug-likeness (QED) is 0.578. The van der Waals surface area contributed by atoms with Crippen molar-refractivity contribution in [3.8, 4) is 0 Å². The zero-order valence-electron chi connectivity index (χ0n) is 18.4. The van der Waals surface area contributed by atoms with Crippen molar-refractivity contribution in [2.45, 2.75) is 37.6 Å². The molecule has 0 fully saturated rings. The van der Waals surface area contributed by atoms with Gasteiger partial charge >= 0.3 is 0 Å². The van der Waals surface area contributed by atoms with E-state index < -0.39 is 21.8 Å². The highest BCUT2D eigenvalue weighted by Crippen LogP contribution is 2.36. The number of likely N-dealkylation sites (N-methyl/N-ethyl adjacent to an activating group) is 1. The molecule has 0 spiro atoms. The summed E-state index contributed by atoms with van der Waals surface area (Å²) >= 11 is 1.36. The molecule has 0 bridgehead atoms. The lowest BCUT2D eigenvalue weighted by Crippen LogP contribution is -2.28. The zero-order valence-corrected chi connectivity index (χ0v) is 20.8. The fraction of sp³-hybridized carbons (Fsp3) is 0.429. The summed E-state index contributed by atoms with van der Waals surface area (Å²) < 4.78 is 26.6. The fourth-order valence-corrected chi connectivity index (χ4v) is 6.05. The second-order valence-corrected chi connectivity index (χ2v) is 10.9. The average molecular weight is 501 g/mol. The van der Waals surface area contributed by atoms with Crippen molar-refractivity contribution < 1.29 is 18.0 Å². The number of nitrogens with one attached hydrogen (secondary N) is 1. The Morgan fingerprint density at radius 2 is 1.91 bits per heavy atom. The van der Waals surface area contributed by atoms with Crippen LogP contribution in [0.5, 0.6) is 0 Å². The van der Waals surface area contributed by atoms with Gasteiger partial charge in [0.2, 0.25) is 10.0 Å². The number of thiophene rings is 1. The molecule has 2 amide bonds. The van der Waals surface area contributed by atoms with Gasteiger partial charge in [0, 0.05) is 37.1 Å². The Hall–Kier alpha value is -1.98. The molecule has 1 aromatic carbocycles. The lowest BCUT2D eigenvalue weighted by Gasteiger charge is -2.22. The van der Waals surface area contributed by atoms with Gasteiger partial charge in [-0.3, -0.25) is 9.59 Å². The summed E-state index contributed by atoms with van der Waals surface area (Å²) in [6, 6.07) is 5.80. The third-order valence-corrected chi connectivity index (χ3v) is 8.38. The van der Waals surface area contributed by atoms with E-state index in [-0.39, 0.29) is 17.3 Å². The van der Waals surface area contributed by atoms with E-state index in [0.717, 1.165) is 29.8 Å². The van der Waals surface area contributed by atoms with Crippen LogP contribution in [0.15, 0.2) is 29.2 Å². The van der Waals surface area contributed by atoms with Crippen LogP contribution in [-0.4, -0.2) is 56.6 Å². The molecule has 0 radical (unpaired) electrons. The lowest BCUT2D eigenvalue weighted by atomic mass is 10.0. The van der Waals surface area contributed by atoms with E-state index in [2.05, 4.69) is 10.2 Å². The maximum atomic E-state index is 12.8. The molecule has 3 rings (SSSR count). The lowest BCUT2D eigenvalue weighted by molar-refractivity contribution is 0.1000. The summed E-state index contributed by atoms with van der Waals surface area (Å²) in [4.78, 5) is 28.1. The number of hydrogen-bond acceptors (Lipinski definition) is 6. The van der Waals surface area contributed by atoms with E-state index in [9.17, 15) is 18.0 Å². The first kappa shape index (κ1) is 26.3. The molecule has 3 N–H and O–H groups in total. The fourth-order valence-electron chi connectivity index (χ4n) is 3.51. The second kappa shape index (κ2) is 10.8. The van der Waals surface area contributed by atoms with Crippen LogP contribution < -0.4 is 11.1 Å². The van der Waals surface area contributed by atoms with E-state index in [1.54, 1.807) is 7.05 Å². The number of nitrogens with two attached hydrogens (primary N) is 1. The van der Waals surface area contributed by atoms with Crippen LogP contribution in [0.3, 0.4) is 0 Å². The van der Waals surface area contributed by atoms with Crippen molar-refractivity contribution in [1.82, 2.24) is 9.21 Å². The molecule has 0 aliphatic carbocycles. The minimum absolute atomic E-state index is 0. The minimum atomic E-state index is -3.60. The second-order valence-electron chi connectivity index (χ2n) is 7.72. The van der Waals surface area contributed by atoms with Crippen molar-refractivity contribution in [3.63, 3.8) is 0 Å². The number of halogens is 1. The number of carbonyl (C=O) groups excluding carboxylic acids is 2. The van der Waals surface area contributed by atoms with E-state index >= 15 is 0 Å². The highest BCUT2D eigenvalue weighted by Gasteiger charge is 2.27. The number of hydrogen-bond donors (Lipinski definition) is 2. The maximum absolute atomic E-state index is 12.8. The van der Waals surface area contributed by atoms with Crippen molar-refractivity contribution in [1.29, 1.82) is 0 Å². The van der Waals surface area contributed by atoms with Gasteiger partial charge in [0.15, 0.2) is 0 Å². The van der Waals surface area contributed by atoms with E-state index in [1.807, 2.05) is 14.0 Å². The molecule has 32 heavy (non-hydrogen) atoms. The van der Waals surface area contributed by atoms with Crippen molar-refractivity contribution in [3.05, 3.63) is 45.8 Å². The standard InChI is InChI=1S/C21H28N4O4S2.ClH/c1-4-5-11-25(3)31(28,29)15-8-6-14(7-9-15)20(27)23-21-18(19(22)26)16-10-12-24(2)13-17(16)30-21;/h6-9H,4-5,10-13H2,1-3H3,(H2,22,26)(H,23,27);1H. The summed E-state index contributed by atoms with van der Waals surface area (Å²) in [5, 5.41) is 3.23. The summed E-state index contributed by atoms with van der Waals surface area (Å²) in [7, 11) is -0.0513. The molecule has 0 atom stereocenters. The third kappa shape index (κ3) is 5.49. The first-order valence-corrected chi connectivity index (χ1v) is 12.4. The van der Waals surface area contributed by atoms with Crippen LogP contribution in [0.1, 0.15) is 50.9 Å². The molecule has 1 aliphatic rings. The Kier molecular flexibility index (Phi) is 8.83. The molecule has 0 unspecified atom stereocenters. The molecule has 2 aromatic rings. The summed E-state index contributed by atoms with van der Waals surface area (Å²) in [5.74, 6) is -0.980. The number of nitrogens with zero attached hydrogens (tertiary/aromatic N) is 2. The highest BCUT2D eigenvalue weighted by molar-refractivity contribution is 7.89. The number of carbonyl (C=O) groups is 2. The predicted octanol–water partition coefficient (Wildman–Crippen LogP) is 2.93. The molecule has 176 valence electrons. The molecule has 2 heterocycles. The van der Waals surface area contributed by atoms with E-state index in [1.165, 1.54) is 39.9 Å². The van der Waals surface area contributed by atoms with Crippen molar-refractivity contribution in [2.24, 2.45) is 5.73 Å². The predicted molar refractivity (Wildman–Crippen MR) is 129 cm³/mol. The third-order valence-electron chi connectivity index (χ3n) is 5.37. The van der Waals surface area contributed by atoms with Gasteiger partial charge in [-0.2, -0.15) is 0 Å². The molecule has 0 saturated heterocycles. The summed E-state index contributed by atoms with van der Waals surface area (Å²) in [5.41, 5.74) is 7.17. The smallest absolute Gasteiger partial charge is 0.256 e. The number of sulfonamides is 1. The van der Waals surface area contributed by atoms with Crippen molar-refractivity contribution in [2.75, 3.05) is 32.5 Å². The van der Waals surface area contributed by atoms with Gasteiger partial charge in [-0.1, -0.05) is 13.3 Å². The van der Waals surface area contributed by atoms with Gasteiger partial charge in [-0.05, 0) is 49.7 Å². The molecule has 0 saturated carbocycles. The first-order chi connectivity index (χ1) is 14.6. The minimum Gasteiger partial charge on any atom is -0.365 e. The van der Waals surface area contributed by atoms with Gasteiger partial charge in [-0.25, -0.2) is 12.7 Å². The number of fused-ring (bicyclic) bond motifs is 1. The van der Waals surface area contributed by atoms with Gasteiger partial charge in [-0.15, -0.1) is 23.7 Å². The van der Waals surface area contributed by atoms with Crippen LogP contribution in [-0.2, 0) is 23.0 Å². The summed E-state index contributed by atoms with van der Waals surface area (Å²) in [6.45, 7) is 3.96. The number of primary amides is 1.